The molecule has 0 aliphatic carbocycles. The number of benzene rings is 3. The van der Waals surface area contributed by atoms with E-state index in [1.165, 1.54) is 17.7 Å². The summed E-state index contributed by atoms with van der Waals surface area (Å²) in [4.78, 5) is 27.4. The maximum Gasteiger partial charge on any atom is 0.255 e. The van der Waals surface area contributed by atoms with Gasteiger partial charge in [0.2, 0.25) is 5.91 Å². The van der Waals surface area contributed by atoms with Crippen LogP contribution in [0.1, 0.15) is 27.9 Å². The number of anilines is 1. The molecular weight excluding hydrogens is 433 g/mol. The van der Waals surface area contributed by atoms with Gasteiger partial charge in [-0.1, -0.05) is 42.5 Å². The summed E-state index contributed by atoms with van der Waals surface area (Å²) in [5.74, 6) is -0.279. The Morgan fingerprint density at radius 2 is 1.82 bits per heavy atom. The molecule has 6 nitrogen and oxygen atoms in total. The fourth-order valence-electron chi connectivity index (χ4n) is 4.02. The summed E-state index contributed by atoms with van der Waals surface area (Å²) < 4.78 is 19.5. The molecule has 4 rings (SSSR count). The van der Waals surface area contributed by atoms with Gasteiger partial charge in [-0.25, -0.2) is 4.39 Å². The van der Waals surface area contributed by atoms with Crippen LogP contribution in [0.2, 0.25) is 0 Å². The van der Waals surface area contributed by atoms with Crippen LogP contribution in [-0.2, 0) is 17.8 Å². The third-order valence-electron chi connectivity index (χ3n) is 5.69. The number of hydrogen-bond acceptors (Lipinski definition) is 4. The first-order chi connectivity index (χ1) is 16.6. The molecule has 0 bridgehead atoms. The molecule has 0 fully saturated rings. The summed E-state index contributed by atoms with van der Waals surface area (Å²) in [5, 5.41) is 5.74. The highest BCUT2D eigenvalue weighted by Gasteiger charge is 2.17. The Bertz CT molecular complexity index is 1150. The van der Waals surface area contributed by atoms with Gasteiger partial charge < -0.3 is 15.4 Å². The van der Waals surface area contributed by atoms with Crippen LogP contribution >= 0.6 is 0 Å². The van der Waals surface area contributed by atoms with Crippen molar-refractivity contribution >= 4 is 17.5 Å². The number of ether oxygens (including phenoxy) is 1. The van der Waals surface area contributed by atoms with E-state index in [2.05, 4.69) is 22.8 Å². The lowest BCUT2D eigenvalue weighted by molar-refractivity contribution is -0.117. The summed E-state index contributed by atoms with van der Waals surface area (Å²) in [6.07, 6.45) is 1.61. The van der Waals surface area contributed by atoms with E-state index in [1.54, 1.807) is 24.3 Å². The number of nitrogens with one attached hydrogen (secondary N) is 2. The monoisotopic (exact) mass is 461 g/mol. The molecule has 0 saturated heterocycles. The van der Waals surface area contributed by atoms with Gasteiger partial charge >= 0.3 is 0 Å². The Balaban J connectivity index is 1.52. The van der Waals surface area contributed by atoms with Crippen LogP contribution in [-0.4, -0.2) is 43.0 Å². The normalized spacial score (nSPS) is 15.1. The zero-order valence-corrected chi connectivity index (χ0v) is 18.9. The number of amides is 2. The molecule has 1 heterocycles. The minimum absolute atomic E-state index is 0.121. The maximum absolute atomic E-state index is 13.5. The average molecular weight is 462 g/mol. The Hall–Kier alpha value is -3.71. The Morgan fingerprint density at radius 3 is 2.68 bits per heavy atom. The fraction of sp³-hybridized carbons (Fsp3) is 0.259. The number of halogens is 1. The van der Waals surface area contributed by atoms with Crippen molar-refractivity contribution in [1.82, 2.24) is 10.2 Å². The molecule has 0 aromatic heterocycles. The molecule has 34 heavy (non-hydrogen) atoms. The largest absolute Gasteiger partial charge is 0.491 e. The van der Waals surface area contributed by atoms with Crippen molar-refractivity contribution in [2.75, 3.05) is 31.6 Å². The van der Waals surface area contributed by atoms with Crippen molar-refractivity contribution in [2.24, 2.45) is 0 Å². The molecule has 3 aromatic rings. The number of para-hydroxylation sites is 1. The molecular formula is C27H28FN3O3. The van der Waals surface area contributed by atoms with Crippen molar-refractivity contribution in [3.63, 3.8) is 0 Å². The fourth-order valence-corrected chi connectivity index (χ4v) is 4.02. The second-order valence-corrected chi connectivity index (χ2v) is 8.24. The summed E-state index contributed by atoms with van der Waals surface area (Å²) in [5.41, 5.74) is 3.23. The van der Waals surface area contributed by atoms with E-state index in [0.29, 0.717) is 43.2 Å². The van der Waals surface area contributed by atoms with E-state index < -0.39 is 5.82 Å². The second-order valence-electron chi connectivity index (χ2n) is 8.24. The number of carbonyl (C=O) groups is 2. The topological polar surface area (TPSA) is 70.7 Å². The lowest BCUT2D eigenvalue weighted by atomic mass is 10.0. The van der Waals surface area contributed by atoms with Gasteiger partial charge in [0.05, 0.1) is 12.1 Å². The molecule has 0 spiro atoms. The smallest absolute Gasteiger partial charge is 0.255 e. The van der Waals surface area contributed by atoms with Gasteiger partial charge in [-0.2, -0.15) is 0 Å². The van der Waals surface area contributed by atoms with Crippen LogP contribution in [0, 0.1) is 5.82 Å². The third kappa shape index (κ3) is 6.42. The van der Waals surface area contributed by atoms with E-state index in [1.807, 2.05) is 29.2 Å². The number of nitrogens with zero attached hydrogens (tertiary/aromatic N) is 1. The molecule has 2 N–H and O–H groups in total. The summed E-state index contributed by atoms with van der Waals surface area (Å²) in [6.45, 7) is 2.03. The van der Waals surface area contributed by atoms with E-state index in [9.17, 15) is 14.0 Å². The number of aryl methyl sites for hydroxylation is 1. The lowest BCUT2D eigenvalue weighted by Gasteiger charge is -2.24. The zero-order chi connectivity index (χ0) is 23.8. The zero-order valence-electron chi connectivity index (χ0n) is 18.9. The van der Waals surface area contributed by atoms with Crippen molar-refractivity contribution < 1.29 is 18.7 Å². The first kappa shape index (κ1) is 23.4. The second kappa shape index (κ2) is 11.4. The lowest BCUT2D eigenvalue weighted by Crippen LogP contribution is -2.36. The highest BCUT2D eigenvalue weighted by atomic mass is 19.1. The minimum Gasteiger partial charge on any atom is -0.491 e. The summed E-state index contributed by atoms with van der Waals surface area (Å²) >= 11 is 0. The van der Waals surface area contributed by atoms with Crippen LogP contribution in [0.25, 0.3) is 0 Å². The van der Waals surface area contributed by atoms with Gasteiger partial charge in [0.15, 0.2) is 0 Å². The van der Waals surface area contributed by atoms with Gasteiger partial charge in [0, 0.05) is 25.3 Å². The van der Waals surface area contributed by atoms with Crippen LogP contribution in [0.5, 0.6) is 5.75 Å². The van der Waals surface area contributed by atoms with Crippen molar-refractivity contribution in [2.45, 2.75) is 19.4 Å². The van der Waals surface area contributed by atoms with Crippen LogP contribution in [0.4, 0.5) is 10.1 Å². The quantitative estimate of drug-likeness (QED) is 0.618. The predicted octanol–water partition coefficient (Wildman–Crippen LogP) is 4.02. The van der Waals surface area contributed by atoms with E-state index >= 15 is 0 Å². The number of fused-ring (bicyclic) bond motifs is 2. The molecule has 0 saturated carbocycles. The Labute approximate surface area is 198 Å². The molecule has 0 radical (unpaired) electrons. The van der Waals surface area contributed by atoms with Gasteiger partial charge in [-0.3, -0.25) is 14.5 Å². The van der Waals surface area contributed by atoms with E-state index in [-0.39, 0.29) is 18.4 Å². The standard InChI is InChI=1S/C27H28FN3O3/c28-22-10-5-11-23(17-22)30-26(32)19-31-15-16-34-25-13-4-3-12-24(25)27(33)29-14-6-9-20-7-1-2-8-21(20)18-31/h1-5,7-8,10-13,17H,6,9,14-16,18-19H2,(H,29,33)(H,30,32). The highest BCUT2D eigenvalue weighted by molar-refractivity contribution is 5.96. The minimum atomic E-state index is -0.402. The van der Waals surface area contributed by atoms with Crippen LogP contribution < -0.4 is 15.4 Å². The molecule has 7 heteroatoms. The van der Waals surface area contributed by atoms with Crippen molar-refractivity contribution in [3.8, 4) is 5.75 Å². The molecule has 2 amide bonds. The van der Waals surface area contributed by atoms with Gasteiger partial charge in [0.1, 0.15) is 18.2 Å². The van der Waals surface area contributed by atoms with Crippen molar-refractivity contribution in [3.05, 3.63) is 95.3 Å². The third-order valence-corrected chi connectivity index (χ3v) is 5.69. The maximum atomic E-state index is 13.5. The Morgan fingerprint density at radius 1 is 1.03 bits per heavy atom. The molecule has 1 aliphatic heterocycles. The number of rotatable bonds is 3. The first-order valence-corrected chi connectivity index (χ1v) is 11.4. The Kier molecular flexibility index (Phi) is 7.88. The molecule has 0 atom stereocenters. The van der Waals surface area contributed by atoms with E-state index in [0.717, 1.165) is 18.4 Å². The van der Waals surface area contributed by atoms with E-state index in [4.69, 9.17) is 4.74 Å². The molecule has 3 aromatic carbocycles. The molecule has 0 unspecified atom stereocenters. The van der Waals surface area contributed by atoms with Gasteiger partial charge in [0.25, 0.3) is 5.91 Å². The number of carbonyl (C=O) groups excluding carboxylic acids is 2. The van der Waals surface area contributed by atoms with Gasteiger partial charge in [-0.15, -0.1) is 0 Å². The number of hydrogen-bond donors (Lipinski definition) is 2. The van der Waals surface area contributed by atoms with Crippen LogP contribution in [0.15, 0.2) is 72.8 Å². The van der Waals surface area contributed by atoms with Gasteiger partial charge in [-0.05, 0) is 54.3 Å². The summed E-state index contributed by atoms with van der Waals surface area (Å²) in [7, 11) is 0. The summed E-state index contributed by atoms with van der Waals surface area (Å²) in [6, 6.07) is 21.1. The molecule has 176 valence electrons. The predicted molar refractivity (Wildman–Crippen MR) is 129 cm³/mol. The van der Waals surface area contributed by atoms with Crippen LogP contribution in [0.3, 0.4) is 0 Å². The van der Waals surface area contributed by atoms with Crippen molar-refractivity contribution in [1.29, 1.82) is 0 Å². The first-order valence-electron chi connectivity index (χ1n) is 11.4. The average Bonchev–Trinajstić information content (AvgIpc) is 2.82. The SMILES string of the molecule is O=C(CN1CCOc2ccccc2C(=O)NCCCc2ccccc2C1)Nc1cccc(F)c1. The highest BCUT2D eigenvalue weighted by Crippen LogP contribution is 2.19. The molecule has 1 aliphatic rings.